The van der Waals surface area contributed by atoms with E-state index >= 15 is 0 Å². The van der Waals surface area contributed by atoms with Crippen LogP contribution in [-0.4, -0.2) is 21.8 Å². The first kappa shape index (κ1) is 23.0. The number of hydrogen-bond donors (Lipinski definition) is 1. The zero-order valence-corrected chi connectivity index (χ0v) is 20.9. The minimum atomic E-state index is -0.779. The summed E-state index contributed by atoms with van der Waals surface area (Å²) in [4.78, 5) is 32.9. The van der Waals surface area contributed by atoms with Gasteiger partial charge in [-0.3, -0.25) is 14.5 Å². The van der Waals surface area contributed by atoms with Crippen LogP contribution in [0.5, 0.6) is 0 Å². The second-order valence-corrected chi connectivity index (χ2v) is 10.3. The molecular weight excluding hydrogens is 456 g/mol. The number of nitrogens with zero attached hydrogens (tertiary/aromatic N) is 2. The van der Waals surface area contributed by atoms with Gasteiger partial charge in [0.05, 0.1) is 21.8 Å². The SMILES string of the molecule is Cc1ccc(/C(O)=C2\C(=O)C(=O)N(c3nc4ccc(C)cc4s3)[C@H]2c2ccc(C(C)C)cc2)cc1. The van der Waals surface area contributed by atoms with Crippen molar-refractivity contribution in [3.05, 3.63) is 100 Å². The lowest BCUT2D eigenvalue weighted by Crippen LogP contribution is -2.29. The number of carbonyl (C=O) groups excluding carboxylic acids is 2. The van der Waals surface area contributed by atoms with Gasteiger partial charge in [-0.05, 0) is 48.6 Å². The van der Waals surface area contributed by atoms with Crippen molar-refractivity contribution in [3.8, 4) is 0 Å². The second-order valence-electron chi connectivity index (χ2n) is 9.32. The van der Waals surface area contributed by atoms with Crippen LogP contribution in [0.25, 0.3) is 16.0 Å². The zero-order valence-electron chi connectivity index (χ0n) is 20.1. The third-order valence-electron chi connectivity index (χ3n) is 6.43. The number of fused-ring (bicyclic) bond motifs is 1. The van der Waals surface area contributed by atoms with E-state index in [4.69, 9.17) is 0 Å². The van der Waals surface area contributed by atoms with Gasteiger partial charge >= 0.3 is 5.91 Å². The molecular formula is C29H26N2O3S. The molecule has 5 nitrogen and oxygen atoms in total. The van der Waals surface area contributed by atoms with Gasteiger partial charge in [0.2, 0.25) is 0 Å². The maximum absolute atomic E-state index is 13.4. The quantitative estimate of drug-likeness (QED) is 0.200. The number of amides is 1. The molecule has 3 aromatic carbocycles. The molecule has 4 aromatic rings. The van der Waals surface area contributed by atoms with E-state index in [0.29, 0.717) is 16.6 Å². The molecule has 35 heavy (non-hydrogen) atoms. The Morgan fingerprint density at radius 1 is 0.943 bits per heavy atom. The fraction of sp³-hybridized carbons (Fsp3) is 0.207. The van der Waals surface area contributed by atoms with Crippen LogP contribution in [0.15, 0.2) is 72.3 Å². The summed E-state index contributed by atoms with van der Waals surface area (Å²) in [5.74, 6) is -1.24. The number of carbonyl (C=O) groups is 2. The van der Waals surface area contributed by atoms with Gasteiger partial charge in [-0.2, -0.15) is 0 Å². The molecule has 0 unspecified atom stereocenters. The molecule has 2 heterocycles. The van der Waals surface area contributed by atoms with E-state index in [1.54, 1.807) is 12.1 Å². The number of Topliss-reactive ketones (excluding diaryl/α,β-unsaturated/α-hetero) is 1. The molecule has 0 bridgehead atoms. The van der Waals surface area contributed by atoms with Gasteiger partial charge in [0, 0.05) is 5.56 Å². The summed E-state index contributed by atoms with van der Waals surface area (Å²) in [7, 11) is 0. The molecule has 6 heteroatoms. The number of ketones is 1. The summed E-state index contributed by atoms with van der Waals surface area (Å²) in [6.07, 6.45) is 0. The minimum absolute atomic E-state index is 0.0755. The highest BCUT2D eigenvalue weighted by atomic mass is 32.1. The Balaban J connectivity index is 1.71. The monoisotopic (exact) mass is 482 g/mol. The van der Waals surface area contributed by atoms with E-state index in [1.807, 2.05) is 68.4 Å². The van der Waals surface area contributed by atoms with Crippen molar-refractivity contribution in [2.75, 3.05) is 4.90 Å². The van der Waals surface area contributed by atoms with Gasteiger partial charge in [-0.25, -0.2) is 4.98 Å². The molecule has 5 rings (SSSR count). The molecule has 1 atom stereocenters. The first-order valence-electron chi connectivity index (χ1n) is 11.6. The molecule has 1 aromatic heterocycles. The van der Waals surface area contributed by atoms with E-state index in [9.17, 15) is 14.7 Å². The van der Waals surface area contributed by atoms with Crippen molar-refractivity contribution in [2.45, 2.75) is 39.7 Å². The van der Waals surface area contributed by atoms with Gasteiger partial charge in [-0.1, -0.05) is 85.3 Å². The number of rotatable bonds is 4. The number of aliphatic hydroxyl groups is 1. The number of hydrogen-bond acceptors (Lipinski definition) is 5. The Morgan fingerprint density at radius 2 is 1.60 bits per heavy atom. The molecule has 1 aliphatic heterocycles. The lowest BCUT2D eigenvalue weighted by atomic mass is 9.93. The predicted octanol–water partition coefficient (Wildman–Crippen LogP) is 6.66. The van der Waals surface area contributed by atoms with Crippen LogP contribution in [0.1, 0.15) is 53.6 Å². The van der Waals surface area contributed by atoms with Crippen LogP contribution < -0.4 is 4.90 Å². The van der Waals surface area contributed by atoms with Crippen LogP contribution in [0.4, 0.5) is 5.13 Å². The molecule has 0 radical (unpaired) electrons. The number of aryl methyl sites for hydroxylation is 2. The second kappa shape index (κ2) is 8.78. The third-order valence-corrected chi connectivity index (χ3v) is 7.44. The molecule has 0 saturated carbocycles. The molecule has 0 aliphatic carbocycles. The highest BCUT2D eigenvalue weighted by molar-refractivity contribution is 7.22. The Morgan fingerprint density at radius 3 is 2.26 bits per heavy atom. The fourth-order valence-electron chi connectivity index (χ4n) is 4.40. The number of aliphatic hydroxyl groups excluding tert-OH is 1. The average Bonchev–Trinajstić information content (AvgIpc) is 3.37. The van der Waals surface area contributed by atoms with Crippen molar-refractivity contribution >= 4 is 44.1 Å². The van der Waals surface area contributed by atoms with Crippen molar-refractivity contribution in [3.63, 3.8) is 0 Å². The number of benzene rings is 3. The van der Waals surface area contributed by atoms with Crippen LogP contribution in [-0.2, 0) is 9.59 Å². The van der Waals surface area contributed by atoms with Gasteiger partial charge in [0.1, 0.15) is 5.76 Å². The van der Waals surface area contributed by atoms with Gasteiger partial charge in [0.25, 0.3) is 5.78 Å². The number of aromatic nitrogens is 1. The summed E-state index contributed by atoms with van der Waals surface area (Å²) in [6.45, 7) is 8.18. The molecule has 0 spiro atoms. The summed E-state index contributed by atoms with van der Waals surface area (Å²) < 4.78 is 0.939. The van der Waals surface area contributed by atoms with Gasteiger partial charge < -0.3 is 5.11 Å². The molecule has 1 fully saturated rings. The number of thiazole rings is 1. The Hall–Kier alpha value is -3.77. The molecule has 1 aliphatic rings. The highest BCUT2D eigenvalue weighted by Crippen LogP contribution is 2.44. The van der Waals surface area contributed by atoms with E-state index in [1.165, 1.54) is 16.2 Å². The summed E-state index contributed by atoms with van der Waals surface area (Å²) in [5, 5.41) is 11.7. The fourth-order valence-corrected chi connectivity index (χ4v) is 5.49. The minimum Gasteiger partial charge on any atom is -0.507 e. The Kier molecular flexibility index (Phi) is 5.77. The molecule has 1 amide bonds. The van der Waals surface area contributed by atoms with E-state index in [2.05, 4.69) is 18.8 Å². The first-order valence-corrected chi connectivity index (χ1v) is 12.4. The number of anilines is 1. The Bertz CT molecular complexity index is 1480. The van der Waals surface area contributed by atoms with Gasteiger partial charge in [0.15, 0.2) is 5.13 Å². The van der Waals surface area contributed by atoms with Crippen LogP contribution >= 0.6 is 11.3 Å². The lowest BCUT2D eigenvalue weighted by molar-refractivity contribution is -0.132. The van der Waals surface area contributed by atoms with Crippen molar-refractivity contribution in [2.24, 2.45) is 0 Å². The first-order chi connectivity index (χ1) is 16.7. The lowest BCUT2D eigenvalue weighted by Gasteiger charge is -2.23. The maximum atomic E-state index is 13.4. The predicted molar refractivity (Wildman–Crippen MR) is 141 cm³/mol. The Labute approximate surface area is 208 Å². The molecule has 176 valence electrons. The van der Waals surface area contributed by atoms with E-state index < -0.39 is 17.7 Å². The summed E-state index contributed by atoms with van der Waals surface area (Å²) in [5.41, 5.74) is 5.37. The standard InChI is InChI=1S/C29H26N2O3S/c1-16(2)19-10-12-20(13-11-19)25-24(26(32)21-8-5-17(3)6-9-21)27(33)28(34)31(25)29-30-22-14-7-18(4)15-23(22)35-29/h5-16,25,32H,1-4H3/b26-24+/t25-/m0/s1. The molecule has 1 N–H and O–H groups in total. The van der Waals surface area contributed by atoms with Crippen molar-refractivity contribution in [1.29, 1.82) is 0 Å². The van der Waals surface area contributed by atoms with Crippen LogP contribution in [0.2, 0.25) is 0 Å². The maximum Gasteiger partial charge on any atom is 0.301 e. The molecule has 1 saturated heterocycles. The van der Waals surface area contributed by atoms with Crippen LogP contribution in [0, 0.1) is 13.8 Å². The van der Waals surface area contributed by atoms with Crippen molar-refractivity contribution < 1.29 is 14.7 Å². The third kappa shape index (κ3) is 4.04. The van der Waals surface area contributed by atoms with E-state index in [0.717, 1.165) is 32.5 Å². The largest absolute Gasteiger partial charge is 0.507 e. The normalized spacial score (nSPS) is 17.6. The summed E-state index contributed by atoms with van der Waals surface area (Å²) in [6, 6.07) is 20.3. The smallest absolute Gasteiger partial charge is 0.301 e. The average molecular weight is 483 g/mol. The van der Waals surface area contributed by atoms with Crippen LogP contribution in [0.3, 0.4) is 0 Å². The van der Waals surface area contributed by atoms with E-state index in [-0.39, 0.29) is 11.3 Å². The highest BCUT2D eigenvalue weighted by Gasteiger charge is 2.48. The summed E-state index contributed by atoms with van der Waals surface area (Å²) >= 11 is 1.37. The van der Waals surface area contributed by atoms with Crippen molar-refractivity contribution in [1.82, 2.24) is 4.98 Å². The van der Waals surface area contributed by atoms with Gasteiger partial charge in [-0.15, -0.1) is 0 Å². The zero-order chi connectivity index (χ0) is 24.9. The topological polar surface area (TPSA) is 70.5 Å².